The van der Waals surface area contributed by atoms with E-state index < -0.39 is 36.3 Å². The monoisotopic (exact) mass is 306 g/mol. The van der Waals surface area contributed by atoms with Crippen LogP contribution in [0.5, 0.6) is 0 Å². The van der Waals surface area contributed by atoms with Crippen LogP contribution < -0.4 is 0 Å². The molecule has 2 unspecified atom stereocenters. The van der Waals surface area contributed by atoms with Crippen LogP contribution in [0.4, 0.5) is 13.2 Å². The highest BCUT2D eigenvalue weighted by Gasteiger charge is 2.34. The van der Waals surface area contributed by atoms with Crippen molar-refractivity contribution in [3.05, 3.63) is 34.9 Å². The number of carbonyl (C=O) groups excluding carboxylic acids is 1. The molecule has 0 spiro atoms. The van der Waals surface area contributed by atoms with Gasteiger partial charge in [0.05, 0.1) is 24.7 Å². The average Bonchev–Trinajstić information content (AvgIpc) is 2.37. The van der Waals surface area contributed by atoms with Crippen LogP contribution in [0.3, 0.4) is 0 Å². The molecule has 0 radical (unpaired) electrons. The van der Waals surface area contributed by atoms with Crippen molar-refractivity contribution in [3.8, 4) is 0 Å². The molecule has 0 aromatic heterocycles. The number of ether oxygens (including phenoxy) is 1. The van der Waals surface area contributed by atoms with E-state index in [0.717, 1.165) is 12.1 Å². The molecule has 0 fully saturated rings. The van der Waals surface area contributed by atoms with Crippen molar-refractivity contribution in [3.63, 3.8) is 0 Å². The first-order valence-electron chi connectivity index (χ1n) is 6.37. The first-order valence-corrected chi connectivity index (χ1v) is 6.37. The number of aliphatic hydroxyl groups is 2. The Morgan fingerprint density at radius 1 is 1.33 bits per heavy atom. The van der Waals surface area contributed by atoms with Crippen LogP contribution >= 0.6 is 0 Å². The number of esters is 1. The lowest BCUT2D eigenvalue weighted by Crippen LogP contribution is -2.24. The zero-order chi connectivity index (χ0) is 16.2. The molecule has 0 bridgehead atoms. The van der Waals surface area contributed by atoms with Crippen molar-refractivity contribution in [2.45, 2.75) is 38.7 Å². The number of carbonyl (C=O) groups is 1. The van der Waals surface area contributed by atoms with E-state index in [0.29, 0.717) is 0 Å². The molecule has 0 saturated carbocycles. The highest BCUT2D eigenvalue weighted by atomic mass is 19.4. The van der Waals surface area contributed by atoms with Gasteiger partial charge in [-0.25, -0.2) is 0 Å². The molecule has 0 aliphatic rings. The predicted octanol–water partition coefficient (Wildman–Crippen LogP) is 2.36. The van der Waals surface area contributed by atoms with Crippen LogP contribution in [-0.4, -0.2) is 28.9 Å². The predicted molar refractivity (Wildman–Crippen MR) is 68.4 cm³/mol. The molecule has 7 heteroatoms. The third-order valence-corrected chi connectivity index (χ3v) is 3.05. The van der Waals surface area contributed by atoms with Crippen LogP contribution in [-0.2, 0) is 15.7 Å². The van der Waals surface area contributed by atoms with Gasteiger partial charge in [-0.05, 0) is 31.0 Å². The summed E-state index contributed by atoms with van der Waals surface area (Å²) in [5, 5.41) is 19.7. The number of benzene rings is 1. The number of rotatable bonds is 5. The fourth-order valence-corrected chi connectivity index (χ4v) is 1.99. The summed E-state index contributed by atoms with van der Waals surface area (Å²) in [5.41, 5.74) is -1.13. The van der Waals surface area contributed by atoms with Crippen LogP contribution in [0.2, 0.25) is 0 Å². The maximum absolute atomic E-state index is 12.8. The molecule has 0 saturated heterocycles. The molecule has 1 aromatic rings. The van der Waals surface area contributed by atoms with Gasteiger partial charge < -0.3 is 14.9 Å². The Hall–Kier alpha value is -1.60. The first kappa shape index (κ1) is 17.5. The van der Waals surface area contributed by atoms with Crippen molar-refractivity contribution in [1.82, 2.24) is 0 Å². The third kappa shape index (κ3) is 4.44. The fraction of sp³-hybridized carbons (Fsp3) is 0.500. The molecule has 4 nitrogen and oxygen atoms in total. The molecule has 0 amide bonds. The van der Waals surface area contributed by atoms with E-state index in [-0.39, 0.29) is 17.7 Å². The quantitative estimate of drug-likeness (QED) is 0.820. The van der Waals surface area contributed by atoms with Gasteiger partial charge in [0.2, 0.25) is 0 Å². The number of aliphatic hydroxyl groups excluding tert-OH is 2. The number of halogens is 3. The molecule has 0 aliphatic carbocycles. The highest BCUT2D eigenvalue weighted by Crippen LogP contribution is 2.35. The molecule has 118 valence electrons. The van der Waals surface area contributed by atoms with E-state index >= 15 is 0 Å². The highest BCUT2D eigenvalue weighted by molar-refractivity contribution is 5.70. The molecular formula is C14H17F3O4. The Labute approximate surface area is 120 Å². The van der Waals surface area contributed by atoms with Crippen molar-refractivity contribution in [2.75, 3.05) is 6.61 Å². The van der Waals surface area contributed by atoms with Gasteiger partial charge in [0.15, 0.2) is 0 Å². The van der Waals surface area contributed by atoms with Gasteiger partial charge >= 0.3 is 12.1 Å². The Morgan fingerprint density at radius 2 is 1.95 bits per heavy atom. The first-order chi connectivity index (χ1) is 9.68. The second kappa shape index (κ2) is 6.91. The molecule has 2 atom stereocenters. The smallest absolute Gasteiger partial charge is 0.416 e. The SMILES string of the molecule is CCOC(=O)CC(O)C(O)c1cccc(C(F)(F)F)c1C. The van der Waals surface area contributed by atoms with Gasteiger partial charge in [-0.2, -0.15) is 13.2 Å². The largest absolute Gasteiger partial charge is 0.466 e. The summed E-state index contributed by atoms with van der Waals surface area (Å²) in [6, 6.07) is 3.32. The minimum absolute atomic E-state index is 0.0679. The van der Waals surface area contributed by atoms with E-state index in [2.05, 4.69) is 4.74 Å². The minimum atomic E-state index is -4.55. The van der Waals surface area contributed by atoms with Crippen LogP contribution in [0.15, 0.2) is 18.2 Å². The molecule has 21 heavy (non-hydrogen) atoms. The zero-order valence-corrected chi connectivity index (χ0v) is 11.6. The summed E-state index contributed by atoms with van der Waals surface area (Å²) in [6.07, 6.45) is -8.18. The van der Waals surface area contributed by atoms with Gasteiger partial charge in [-0.1, -0.05) is 12.1 Å². The van der Waals surface area contributed by atoms with Gasteiger partial charge in [0, 0.05) is 0 Å². The van der Waals surface area contributed by atoms with Gasteiger partial charge in [0.25, 0.3) is 0 Å². The summed E-state index contributed by atoms with van der Waals surface area (Å²) in [4.78, 5) is 11.2. The normalized spacial score (nSPS) is 14.6. The molecule has 1 rings (SSSR count). The second-order valence-electron chi connectivity index (χ2n) is 4.54. The van der Waals surface area contributed by atoms with Crippen molar-refractivity contribution < 1.29 is 32.9 Å². The topological polar surface area (TPSA) is 66.8 Å². The van der Waals surface area contributed by atoms with Gasteiger partial charge in [-0.15, -0.1) is 0 Å². The van der Waals surface area contributed by atoms with E-state index in [1.165, 1.54) is 13.0 Å². The lowest BCUT2D eigenvalue weighted by Gasteiger charge is -2.21. The maximum Gasteiger partial charge on any atom is 0.416 e. The van der Waals surface area contributed by atoms with E-state index in [1.54, 1.807) is 6.92 Å². The summed E-state index contributed by atoms with van der Waals surface area (Å²) in [5.74, 6) is -0.728. The molecule has 0 aliphatic heterocycles. The maximum atomic E-state index is 12.8. The Kier molecular flexibility index (Phi) is 5.74. The zero-order valence-electron chi connectivity index (χ0n) is 11.6. The molecular weight excluding hydrogens is 289 g/mol. The Bertz CT molecular complexity index is 499. The van der Waals surface area contributed by atoms with Crippen molar-refractivity contribution in [1.29, 1.82) is 0 Å². The lowest BCUT2D eigenvalue weighted by atomic mass is 9.94. The standard InChI is InChI=1S/C14H17F3O4/c1-3-21-12(19)7-11(18)13(20)9-5-4-6-10(8(9)2)14(15,16)17/h4-6,11,13,18,20H,3,7H2,1-2H3. The average molecular weight is 306 g/mol. The molecule has 0 heterocycles. The fourth-order valence-electron chi connectivity index (χ4n) is 1.99. The Morgan fingerprint density at radius 3 is 2.48 bits per heavy atom. The van der Waals surface area contributed by atoms with E-state index in [9.17, 15) is 28.2 Å². The van der Waals surface area contributed by atoms with Crippen LogP contribution in [0.1, 0.15) is 36.1 Å². The Balaban J connectivity index is 2.97. The lowest BCUT2D eigenvalue weighted by molar-refractivity contribution is -0.147. The van der Waals surface area contributed by atoms with E-state index in [4.69, 9.17) is 0 Å². The van der Waals surface area contributed by atoms with Crippen molar-refractivity contribution >= 4 is 5.97 Å². The minimum Gasteiger partial charge on any atom is -0.466 e. The van der Waals surface area contributed by atoms with Crippen LogP contribution in [0.25, 0.3) is 0 Å². The number of hydrogen-bond donors (Lipinski definition) is 2. The summed E-state index contributed by atoms with van der Waals surface area (Å²) in [7, 11) is 0. The number of hydrogen-bond acceptors (Lipinski definition) is 4. The summed E-state index contributed by atoms with van der Waals surface area (Å²) >= 11 is 0. The molecule has 2 N–H and O–H groups in total. The number of alkyl halides is 3. The van der Waals surface area contributed by atoms with Gasteiger partial charge in [0.1, 0.15) is 6.10 Å². The van der Waals surface area contributed by atoms with E-state index in [1.807, 2.05) is 0 Å². The second-order valence-corrected chi connectivity index (χ2v) is 4.54. The van der Waals surface area contributed by atoms with Gasteiger partial charge in [-0.3, -0.25) is 4.79 Å². The summed E-state index contributed by atoms with van der Waals surface area (Å²) < 4.78 is 43.0. The van der Waals surface area contributed by atoms with Crippen LogP contribution in [0, 0.1) is 6.92 Å². The third-order valence-electron chi connectivity index (χ3n) is 3.05. The summed E-state index contributed by atoms with van der Waals surface area (Å²) in [6.45, 7) is 2.90. The van der Waals surface area contributed by atoms with Crippen molar-refractivity contribution in [2.24, 2.45) is 0 Å². The molecule has 1 aromatic carbocycles.